The average molecular weight is 306 g/mol. The molecule has 21 heavy (non-hydrogen) atoms. The Bertz CT molecular complexity index is 497. The Balaban J connectivity index is 1.60. The minimum absolute atomic E-state index is 0.109. The molecule has 0 aromatic carbocycles. The van der Waals surface area contributed by atoms with Gasteiger partial charge in [-0.2, -0.15) is 0 Å². The number of rotatable bonds is 3. The van der Waals surface area contributed by atoms with Gasteiger partial charge in [0.25, 0.3) is 5.91 Å². The first-order valence-corrected chi connectivity index (χ1v) is 9.01. The first-order valence-electron chi connectivity index (χ1n) is 8.19. The summed E-state index contributed by atoms with van der Waals surface area (Å²) in [7, 11) is 0. The number of piperidine rings is 1. The molecule has 1 amide bonds. The number of hydrogen-bond acceptors (Lipinski definition) is 3. The third-order valence-corrected chi connectivity index (χ3v) is 6.25. The molecule has 1 aliphatic carbocycles. The number of amides is 1. The van der Waals surface area contributed by atoms with E-state index in [1.165, 1.54) is 36.1 Å². The maximum atomic E-state index is 12.4. The SMILES string of the molecule is CC1(C)CCCNC1CNC(=O)c1cc2c(s1)CCCC2. The number of nitrogens with one attached hydrogen (secondary N) is 2. The monoisotopic (exact) mass is 306 g/mol. The molecule has 1 atom stereocenters. The fraction of sp³-hybridized carbons (Fsp3) is 0.706. The molecular weight excluding hydrogens is 280 g/mol. The van der Waals surface area contributed by atoms with Gasteiger partial charge in [-0.05, 0) is 62.1 Å². The Kier molecular flexibility index (Phi) is 4.36. The summed E-state index contributed by atoms with van der Waals surface area (Å²) in [4.78, 5) is 14.7. The molecule has 1 aromatic heterocycles. The Labute approximate surface area is 131 Å². The lowest BCUT2D eigenvalue weighted by atomic mass is 9.77. The summed E-state index contributed by atoms with van der Waals surface area (Å²) in [5.74, 6) is 0.109. The molecule has 0 spiro atoms. The first kappa shape index (κ1) is 15.0. The van der Waals surface area contributed by atoms with E-state index in [1.807, 2.05) is 0 Å². The number of carbonyl (C=O) groups is 1. The van der Waals surface area contributed by atoms with Crippen molar-refractivity contribution in [1.82, 2.24) is 10.6 Å². The van der Waals surface area contributed by atoms with Gasteiger partial charge in [0.15, 0.2) is 0 Å². The number of carbonyl (C=O) groups excluding carboxylic acids is 1. The lowest BCUT2D eigenvalue weighted by molar-refractivity contribution is 0.0933. The quantitative estimate of drug-likeness (QED) is 0.901. The molecule has 3 nitrogen and oxygen atoms in total. The topological polar surface area (TPSA) is 41.1 Å². The molecule has 0 saturated carbocycles. The summed E-state index contributed by atoms with van der Waals surface area (Å²) in [5.41, 5.74) is 1.67. The molecule has 2 heterocycles. The predicted molar refractivity (Wildman–Crippen MR) is 88.1 cm³/mol. The van der Waals surface area contributed by atoms with Gasteiger partial charge in [-0.15, -0.1) is 11.3 Å². The summed E-state index contributed by atoms with van der Waals surface area (Å²) >= 11 is 1.70. The van der Waals surface area contributed by atoms with E-state index in [0.717, 1.165) is 30.8 Å². The van der Waals surface area contributed by atoms with Crippen molar-refractivity contribution in [3.63, 3.8) is 0 Å². The van der Waals surface area contributed by atoms with Crippen molar-refractivity contribution >= 4 is 17.2 Å². The smallest absolute Gasteiger partial charge is 0.261 e. The minimum Gasteiger partial charge on any atom is -0.350 e. The number of aryl methyl sites for hydroxylation is 2. The normalized spacial score (nSPS) is 24.4. The van der Waals surface area contributed by atoms with E-state index in [2.05, 4.69) is 30.5 Å². The van der Waals surface area contributed by atoms with Gasteiger partial charge >= 0.3 is 0 Å². The number of thiophene rings is 1. The van der Waals surface area contributed by atoms with E-state index < -0.39 is 0 Å². The van der Waals surface area contributed by atoms with Crippen LogP contribution in [0.25, 0.3) is 0 Å². The van der Waals surface area contributed by atoms with Crippen LogP contribution in [0, 0.1) is 5.41 Å². The molecular formula is C17H26N2OS. The largest absolute Gasteiger partial charge is 0.350 e. The zero-order valence-electron chi connectivity index (χ0n) is 13.1. The molecule has 2 N–H and O–H groups in total. The second-order valence-corrected chi connectivity index (χ2v) is 8.21. The molecule has 4 heteroatoms. The van der Waals surface area contributed by atoms with Gasteiger partial charge in [0.1, 0.15) is 0 Å². The fourth-order valence-corrected chi connectivity index (χ4v) is 4.67. The van der Waals surface area contributed by atoms with Crippen molar-refractivity contribution in [2.75, 3.05) is 13.1 Å². The maximum Gasteiger partial charge on any atom is 0.261 e. The summed E-state index contributed by atoms with van der Waals surface area (Å²) in [6.07, 6.45) is 7.31. The third kappa shape index (κ3) is 3.32. The molecule has 3 rings (SSSR count). The standard InChI is InChI=1S/C17H26N2OS/c1-17(2)8-5-9-18-15(17)11-19-16(20)14-10-12-6-3-4-7-13(12)21-14/h10,15,18H,3-9,11H2,1-2H3,(H,19,20). The molecule has 1 unspecified atom stereocenters. The van der Waals surface area contributed by atoms with Crippen LogP contribution in [0.2, 0.25) is 0 Å². The molecule has 0 bridgehead atoms. The molecule has 1 aromatic rings. The highest BCUT2D eigenvalue weighted by Gasteiger charge is 2.32. The van der Waals surface area contributed by atoms with Crippen LogP contribution in [-0.2, 0) is 12.8 Å². The van der Waals surface area contributed by atoms with Crippen LogP contribution in [0.4, 0.5) is 0 Å². The maximum absolute atomic E-state index is 12.4. The molecule has 0 radical (unpaired) electrons. The van der Waals surface area contributed by atoms with Crippen molar-refractivity contribution in [2.24, 2.45) is 5.41 Å². The number of hydrogen-bond donors (Lipinski definition) is 2. The highest BCUT2D eigenvalue weighted by molar-refractivity contribution is 7.14. The van der Waals surface area contributed by atoms with Gasteiger partial charge in [-0.25, -0.2) is 0 Å². The lowest BCUT2D eigenvalue weighted by Crippen LogP contribution is -2.52. The Morgan fingerprint density at radius 1 is 1.38 bits per heavy atom. The summed E-state index contributed by atoms with van der Waals surface area (Å²) in [6, 6.07) is 2.50. The molecule has 1 fully saturated rings. The van der Waals surface area contributed by atoms with Crippen molar-refractivity contribution in [3.8, 4) is 0 Å². The van der Waals surface area contributed by atoms with Crippen LogP contribution in [0.15, 0.2) is 6.07 Å². The van der Waals surface area contributed by atoms with Crippen molar-refractivity contribution in [2.45, 2.75) is 58.4 Å². The highest BCUT2D eigenvalue weighted by Crippen LogP contribution is 2.31. The van der Waals surface area contributed by atoms with Crippen molar-refractivity contribution < 1.29 is 4.79 Å². The van der Waals surface area contributed by atoms with E-state index >= 15 is 0 Å². The van der Waals surface area contributed by atoms with E-state index in [1.54, 1.807) is 11.3 Å². The second-order valence-electron chi connectivity index (χ2n) is 7.08. The minimum atomic E-state index is 0.109. The molecule has 1 aliphatic heterocycles. The van der Waals surface area contributed by atoms with Crippen LogP contribution in [-0.4, -0.2) is 25.0 Å². The lowest BCUT2D eigenvalue weighted by Gasteiger charge is -2.39. The van der Waals surface area contributed by atoms with E-state index in [4.69, 9.17) is 0 Å². The Hall–Kier alpha value is -0.870. The van der Waals surface area contributed by atoms with Gasteiger partial charge in [0, 0.05) is 17.5 Å². The Morgan fingerprint density at radius 2 is 2.19 bits per heavy atom. The third-order valence-electron chi connectivity index (χ3n) is 5.02. The van der Waals surface area contributed by atoms with Crippen LogP contribution in [0.5, 0.6) is 0 Å². The highest BCUT2D eigenvalue weighted by atomic mass is 32.1. The van der Waals surface area contributed by atoms with Gasteiger partial charge < -0.3 is 10.6 Å². The van der Waals surface area contributed by atoms with E-state index in [-0.39, 0.29) is 11.3 Å². The summed E-state index contributed by atoms with van der Waals surface area (Å²) < 4.78 is 0. The second kappa shape index (κ2) is 6.09. The van der Waals surface area contributed by atoms with Gasteiger partial charge in [-0.1, -0.05) is 13.8 Å². The van der Waals surface area contributed by atoms with Crippen LogP contribution in [0.3, 0.4) is 0 Å². The van der Waals surface area contributed by atoms with Crippen LogP contribution in [0.1, 0.15) is 59.6 Å². The van der Waals surface area contributed by atoms with E-state index in [9.17, 15) is 4.79 Å². The zero-order valence-corrected chi connectivity index (χ0v) is 13.9. The molecule has 1 saturated heterocycles. The van der Waals surface area contributed by atoms with Gasteiger partial charge in [0.05, 0.1) is 4.88 Å². The van der Waals surface area contributed by atoms with Crippen molar-refractivity contribution in [3.05, 3.63) is 21.4 Å². The fourth-order valence-electron chi connectivity index (χ4n) is 3.50. The van der Waals surface area contributed by atoms with Crippen LogP contribution >= 0.6 is 11.3 Å². The molecule has 116 valence electrons. The van der Waals surface area contributed by atoms with Gasteiger partial charge in [-0.3, -0.25) is 4.79 Å². The average Bonchev–Trinajstić information content (AvgIpc) is 2.89. The van der Waals surface area contributed by atoms with Crippen molar-refractivity contribution in [1.29, 1.82) is 0 Å². The summed E-state index contributed by atoms with van der Waals surface area (Å²) in [6.45, 7) is 6.38. The van der Waals surface area contributed by atoms with E-state index in [0.29, 0.717) is 6.04 Å². The van der Waals surface area contributed by atoms with Gasteiger partial charge in [0.2, 0.25) is 0 Å². The summed E-state index contributed by atoms with van der Waals surface area (Å²) in [5, 5.41) is 6.70. The number of fused-ring (bicyclic) bond motifs is 1. The predicted octanol–water partition coefficient (Wildman–Crippen LogP) is 3.13. The first-order chi connectivity index (χ1) is 10.1. The Morgan fingerprint density at radius 3 is 2.95 bits per heavy atom. The zero-order chi connectivity index (χ0) is 14.9. The van der Waals surface area contributed by atoms with Crippen LogP contribution < -0.4 is 10.6 Å². The molecule has 2 aliphatic rings.